The lowest BCUT2D eigenvalue weighted by molar-refractivity contribution is -0.116. The van der Waals surface area contributed by atoms with E-state index in [0.717, 1.165) is 5.69 Å². The van der Waals surface area contributed by atoms with Crippen LogP contribution in [-0.2, 0) is 4.79 Å². The summed E-state index contributed by atoms with van der Waals surface area (Å²) in [5.41, 5.74) is 3.42. The van der Waals surface area contributed by atoms with E-state index in [1.807, 2.05) is 48.5 Å². The predicted octanol–water partition coefficient (Wildman–Crippen LogP) is 4.57. The van der Waals surface area contributed by atoms with Gasteiger partial charge in [-0.15, -0.1) is 0 Å². The molecule has 0 aliphatic carbocycles. The molecule has 1 unspecified atom stereocenters. The summed E-state index contributed by atoms with van der Waals surface area (Å²) in [6.07, 6.45) is 0. The minimum atomic E-state index is -0.241. The monoisotopic (exact) mass is 387 g/mol. The Kier molecular flexibility index (Phi) is 6.63. The Bertz CT molecular complexity index is 941. The smallest absolute Gasteiger partial charge is 0.254 e. The maximum absolute atomic E-state index is 12.3. The van der Waals surface area contributed by atoms with Gasteiger partial charge < -0.3 is 15.5 Å². The van der Waals surface area contributed by atoms with E-state index in [-0.39, 0.29) is 24.4 Å². The topological polar surface area (TPSA) is 61.4 Å². The van der Waals surface area contributed by atoms with Gasteiger partial charge in [0, 0.05) is 30.0 Å². The molecule has 0 spiro atoms. The standard InChI is InChI=1S/C24H25N3O2/c1-18(19-9-5-3-6-10-19)25-21-13-15-22(16-14-21)26-23(28)17-27(2)24(29)20-11-7-4-8-12-20/h3-16,18,25H,17H2,1-2H3,(H,26,28). The van der Waals surface area contributed by atoms with Crippen molar-refractivity contribution in [2.45, 2.75) is 13.0 Å². The Hall–Kier alpha value is -3.60. The second-order valence-electron chi connectivity index (χ2n) is 6.93. The van der Waals surface area contributed by atoms with E-state index in [2.05, 4.69) is 29.7 Å². The number of anilines is 2. The fourth-order valence-electron chi connectivity index (χ4n) is 3.01. The average molecular weight is 387 g/mol. The third-order valence-corrected chi connectivity index (χ3v) is 4.60. The fourth-order valence-corrected chi connectivity index (χ4v) is 3.01. The SMILES string of the molecule is CC(Nc1ccc(NC(=O)CN(C)C(=O)c2ccccc2)cc1)c1ccccc1. The summed E-state index contributed by atoms with van der Waals surface area (Å²) in [6, 6.07) is 26.8. The lowest BCUT2D eigenvalue weighted by Crippen LogP contribution is -2.34. The van der Waals surface area contributed by atoms with Crippen molar-refractivity contribution in [2.24, 2.45) is 0 Å². The molecule has 2 N–H and O–H groups in total. The highest BCUT2D eigenvalue weighted by Gasteiger charge is 2.14. The summed E-state index contributed by atoms with van der Waals surface area (Å²) in [5, 5.41) is 6.27. The zero-order chi connectivity index (χ0) is 20.6. The second-order valence-corrected chi connectivity index (χ2v) is 6.93. The molecule has 0 heterocycles. The molecule has 148 valence electrons. The number of nitrogens with one attached hydrogen (secondary N) is 2. The van der Waals surface area contributed by atoms with Gasteiger partial charge in [0.05, 0.1) is 6.54 Å². The molecule has 0 aliphatic rings. The summed E-state index contributed by atoms with van der Waals surface area (Å²) in [6.45, 7) is 2.09. The third kappa shape index (κ3) is 5.69. The van der Waals surface area contributed by atoms with Crippen LogP contribution in [0.2, 0.25) is 0 Å². The largest absolute Gasteiger partial charge is 0.379 e. The number of likely N-dealkylation sites (N-methyl/N-ethyl adjacent to an activating group) is 1. The first-order chi connectivity index (χ1) is 14.0. The number of benzene rings is 3. The van der Waals surface area contributed by atoms with E-state index < -0.39 is 0 Å². The third-order valence-electron chi connectivity index (χ3n) is 4.60. The summed E-state index contributed by atoms with van der Waals surface area (Å²) < 4.78 is 0. The van der Waals surface area contributed by atoms with Crippen molar-refractivity contribution in [1.82, 2.24) is 4.90 Å². The van der Waals surface area contributed by atoms with Gasteiger partial charge in [0.25, 0.3) is 5.91 Å². The average Bonchev–Trinajstić information content (AvgIpc) is 2.75. The van der Waals surface area contributed by atoms with Crippen LogP contribution in [0.3, 0.4) is 0 Å². The van der Waals surface area contributed by atoms with Crippen LogP contribution in [0.5, 0.6) is 0 Å². The van der Waals surface area contributed by atoms with Gasteiger partial charge in [0.15, 0.2) is 0 Å². The Morgan fingerprint density at radius 1 is 0.828 bits per heavy atom. The van der Waals surface area contributed by atoms with Crippen molar-refractivity contribution in [3.05, 3.63) is 96.1 Å². The zero-order valence-corrected chi connectivity index (χ0v) is 16.6. The maximum Gasteiger partial charge on any atom is 0.254 e. The van der Waals surface area contributed by atoms with Gasteiger partial charge in [0.2, 0.25) is 5.91 Å². The number of nitrogens with zero attached hydrogens (tertiary/aromatic N) is 1. The fraction of sp³-hybridized carbons (Fsp3) is 0.167. The molecule has 5 nitrogen and oxygen atoms in total. The van der Waals surface area contributed by atoms with Crippen LogP contribution in [0, 0.1) is 0 Å². The van der Waals surface area contributed by atoms with Gasteiger partial charge >= 0.3 is 0 Å². The van der Waals surface area contributed by atoms with Crippen molar-refractivity contribution in [2.75, 3.05) is 24.2 Å². The minimum Gasteiger partial charge on any atom is -0.379 e. The number of carbonyl (C=O) groups is 2. The Labute approximate surface area is 171 Å². The van der Waals surface area contributed by atoms with Crippen LogP contribution < -0.4 is 10.6 Å². The quantitative estimate of drug-likeness (QED) is 0.624. The molecule has 3 rings (SSSR count). The van der Waals surface area contributed by atoms with Gasteiger partial charge in [-0.25, -0.2) is 0 Å². The maximum atomic E-state index is 12.3. The van der Waals surface area contributed by atoms with Crippen LogP contribution >= 0.6 is 0 Å². The number of carbonyl (C=O) groups excluding carboxylic acids is 2. The number of hydrogen-bond acceptors (Lipinski definition) is 3. The van der Waals surface area contributed by atoms with Gasteiger partial charge in [-0.05, 0) is 48.9 Å². The van der Waals surface area contributed by atoms with Crippen molar-refractivity contribution in [3.63, 3.8) is 0 Å². The molecule has 0 aromatic heterocycles. The molecule has 0 fully saturated rings. The van der Waals surface area contributed by atoms with Crippen molar-refractivity contribution in [3.8, 4) is 0 Å². The summed E-state index contributed by atoms with van der Waals surface area (Å²) in [4.78, 5) is 26.0. The lowest BCUT2D eigenvalue weighted by Gasteiger charge is -2.18. The molecule has 1 atom stereocenters. The molecule has 5 heteroatoms. The van der Waals surface area contributed by atoms with Gasteiger partial charge in [-0.2, -0.15) is 0 Å². The molecule has 3 aromatic rings. The first-order valence-electron chi connectivity index (χ1n) is 9.55. The predicted molar refractivity (Wildman–Crippen MR) is 117 cm³/mol. The van der Waals surface area contributed by atoms with Crippen LogP contribution in [0.25, 0.3) is 0 Å². The van der Waals surface area contributed by atoms with E-state index in [1.165, 1.54) is 10.5 Å². The molecule has 0 saturated carbocycles. The Balaban J connectivity index is 1.52. The van der Waals surface area contributed by atoms with Gasteiger partial charge in [0.1, 0.15) is 0 Å². The van der Waals surface area contributed by atoms with Gasteiger partial charge in [-0.1, -0.05) is 48.5 Å². The number of rotatable bonds is 7. The van der Waals surface area contributed by atoms with E-state index in [4.69, 9.17) is 0 Å². The molecular formula is C24H25N3O2. The molecule has 3 aromatic carbocycles. The minimum absolute atomic E-state index is 0.0151. The van der Waals surface area contributed by atoms with Crippen LogP contribution in [-0.4, -0.2) is 30.3 Å². The Morgan fingerprint density at radius 2 is 1.38 bits per heavy atom. The highest BCUT2D eigenvalue weighted by molar-refractivity contribution is 5.99. The van der Waals surface area contributed by atoms with E-state index >= 15 is 0 Å². The summed E-state index contributed by atoms with van der Waals surface area (Å²) >= 11 is 0. The molecular weight excluding hydrogens is 362 g/mol. The highest BCUT2D eigenvalue weighted by atomic mass is 16.2. The molecule has 29 heavy (non-hydrogen) atoms. The molecule has 0 radical (unpaired) electrons. The first kappa shape index (κ1) is 20.1. The van der Waals surface area contributed by atoms with Crippen LogP contribution in [0.1, 0.15) is 28.9 Å². The lowest BCUT2D eigenvalue weighted by atomic mass is 10.1. The first-order valence-corrected chi connectivity index (χ1v) is 9.55. The van der Waals surface area contributed by atoms with Crippen molar-refractivity contribution >= 4 is 23.2 Å². The van der Waals surface area contributed by atoms with E-state index in [9.17, 15) is 9.59 Å². The van der Waals surface area contributed by atoms with Crippen LogP contribution in [0.4, 0.5) is 11.4 Å². The van der Waals surface area contributed by atoms with Crippen molar-refractivity contribution in [1.29, 1.82) is 0 Å². The normalized spacial score (nSPS) is 11.4. The number of amides is 2. The van der Waals surface area contributed by atoms with E-state index in [0.29, 0.717) is 11.3 Å². The van der Waals surface area contributed by atoms with Crippen molar-refractivity contribution < 1.29 is 9.59 Å². The molecule has 0 aliphatic heterocycles. The van der Waals surface area contributed by atoms with Crippen LogP contribution in [0.15, 0.2) is 84.9 Å². The molecule has 2 amide bonds. The second kappa shape index (κ2) is 9.55. The number of hydrogen-bond donors (Lipinski definition) is 2. The van der Waals surface area contributed by atoms with Gasteiger partial charge in [-0.3, -0.25) is 9.59 Å². The molecule has 0 bridgehead atoms. The Morgan fingerprint density at radius 3 is 2.00 bits per heavy atom. The van der Waals surface area contributed by atoms with E-state index in [1.54, 1.807) is 31.3 Å². The summed E-state index contributed by atoms with van der Waals surface area (Å²) in [7, 11) is 1.62. The highest BCUT2D eigenvalue weighted by Crippen LogP contribution is 2.20. The molecule has 0 saturated heterocycles. The summed E-state index contributed by atoms with van der Waals surface area (Å²) in [5.74, 6) is -0.426. The zero-order valence-electron chi connectivity index (χ0n) is 16.6.